The monoisotopic (exact) mass is 344 g/mol. The summed E-state index contributed by atoms with van der Waals surface area (Å²) >= 11 is 0. The van der Waals surface area contributed by atoms with Crippen LogP contribution in [0, 0.1) is 5.82 Å². The summed E-state index contributed by atoms with van der Waals surface area (Å²) in [4.78, 5) is 24.3. The van der Waals surface area contributed by atoms with Crippen molar-refractivity contribution in [2.45, 2.75) is 24.6 Å². The van der Waals surface area contributed by atoms with E-state index < -0.39 is 35.8 Å². The largest absolute Gasteiger partial charge is 0.471 e. The van der Waals surface area contributed by atoms with Crippen molar-refractivity contribution in [1.29, 1.82) is 0 Å². The number of alkyl halides is 3. The lowest BCUT2D eigenvalue weighted by molar-refractivity contribution is -0.175. The van der Waals surface area contributed by atoms with Crippen LogP contribution in [0.1, 0.15) is 17.9 Å². The third kappa shape index (κ3) is 4.12. The van der Waals surface area contributed by atoms with Crippen molar-refractivity contribution in [3.8, 4) is 0 Å². The molecule has 0 saturated carbocycles. The number of hydrogen-bond donors (Lipinski definition) is 1. The smallest absolute Gasteiger partial charge is 0.343 e. The SMILES string of the molecule is C=CC(=O)N1CC[C@@H](c2cccc(F)c2)[C@@H](NC(=O)C(F)(F)F)C1. The van der Waals surface area contributed by atoms with Gasteiger partial charge in [0, 0.05) is 19.0 Å². The molecule has 0 bridgehead atoms. The maximum atomic E-state index is 13.4. The van der Waals surface area contributed by atoms with Crippen LogP contribution in [0.25, 0.3) is 0 Å². The first-order valence-electron chi connectivity index (χ1n) is 7.27. The van der Waals surface area contributed by atoms with E-state index in [1.54, 1.807) is 6.07 Å². The van der Waals surface area contributed by atoms with Crippen molar-refractivity contribution < 1.29 is 27.2 Å². The average molecular weight is 344 g/mol. The third-order valence-corrected chi connectivity index (χ3v) is 3.95. The lowest BCUT2D eigenvalue weighted by Crippen LogP contribution is -2.55. The molecule has 2 amide bonds. The molecule has 1 aromatic carbocycles. The summed E-state index contributed by atoms with van der Waals surface area (Å²) in [6.07, 6.45) is -3.67. The van der Waals surface area contributed by atoms with Gasteiger partial charge in [0.15, 0.2) is 0 Å². The predicted molar refractivity (Wildman–Crippen MR) is 78.5 cm³/mol. The average Bonchev–Trinajstić information content (AvgIpc) is 2.53. The highest BCUT2D eigenvalue weighted by Gasteiger charge is 2.42. The van der Waals surface area contributed by atoms with Crippen LogP contribution in [-0.4, -0.2) is 42.0 Å². The molecule has 1 aliphatic heterocycles. The van der Waals surface area contributed by atoms with Gasteiger partial charge in [0.25, 0.3) is 0 Å². The zero-order valence-corrected chi connectivity index (χ0v) is 12.6. The highest BCUT2D eigenvalue weighted by Crippen LogP contribution is 2.30. The van der Waals surface area contributed by atoms with Crippen molar-refractivity contribution in [2.75, 3.05) is 13.1 Å². The summed E-state index contributed by atoms with van der Waals surface area (Å²) in [6.45, 7) is 3.52. The molecule has 1 aromatic rings. The van der Waals surface area contributed by atoms with Gasteiger partial charge in [0.05, 0.1) is 6.04 Å². The lowest BCUT2D eigenvalue weighted by atomic mass is 9.85. The second-order valence-electron chi connectivity index (χ2n) is 5.52. The molecule has 2 atom stereocenters. The number of amides is 2. The van der Waals surface area contributed by atoms with E-state index in [1.165, 1.54) is 23.1 Å². The zero-order valence-electron chi connectivity index (χ0n) is 12.6. The van der Waals surface area contributed by atoms with Crippen LogP contribution in [-0.2, 0) is 9.59 Å². The molecule has 1 heterocycles. The number of hydrogen-bond acceptors (Lipinski definition) is 2. The van der Waals surface area contributed by atoms with Crippen LogP contribution >= 0.6 is 0 Å². The Bertz CT molecular complexity index is 645. The van der Waals surface area contributed by atoms with Crippen LogP contribution in [0.5, 0.6) is 0 Å². The molecule has 2 rings (SSSR count). The van der Waals surface area contributed by atoms with E-state index in [9.17, 15) is 27.2 Å². The molecule has 1 saturated heterocycles. The fourth-order valence-corrected chi connectivity index (χ4v) is 2.81. The Morgan fingerprint density at radius 1 is 1.33 bits per heavy atom. The molecule has 0 radical (unpaired) electrons. The fraction of sp³-hybridized carbons (Fsp3) is 0.375. The Balaban J connectivity index is 2.26. The second kappa shape index (κ2) is 7.02. The van der Waals surface area contributed by atoms with Crippen LogP contribution in [0.2, 0.25) is 0 Å². The van der Waals surface area contributed by atoms with Gasteiger partial charge in [-0.05, 0) is 30.2 Å². The second-order valence-corrected chi connectivity index (χ2v) is 5.52. The number of carbonyl (C=O) groups is 2. The minimum Gasteiger partial charge on any atom is -0.343 e. The van der Waals surface area contributed by atoms with Gasteiger partial charge < -0.3 is 10.2 Å². The highest BCUT2D eigenvalue weighted by atomic mass is 19.4. The molecular weight excluding hydrogens is 328 g/mol. The molecular formula is C16H16F4N2O2. The van der Waals surface area contributed by atoms with Gasteiger partial charge in [-0.3, -0.25) is 9.59 Å². The molecule has 0 aliphatic carbocycles. The lowest BCUT2D eigenvalue weighted by Gasteiger charge is -2.39. The van der Waals surface area contributed by atoms with E-state index in [1.807, 2.05) is 5.32 Å². The summed E-state index contributed by atoms with van der Waals surface area (Å²) in [5.74, 6) is -3.56. The molecule has 0 spiro atoms. The normalized spacial score (nSPS) is 21.2. The summed E-state index contributed by atoms with van der Waals surface area (Å²) in [7, 11) is 0. The molecule has 0 unspecified atom stereocenters. The van der Waals surface area contributed by atoms with Gasteiger partial charge in [0.2, 0.25) is 5.91 Å². The Hall–Kier alpha value is -2.38. The topological polar surface area (TPSA) is 49.4 Å². The standard InChI is InChI=1S/C16H16F4N2O2/c1-2-14(23)22-7-6-12(10-4-3-5-11(17)8-10)13(9-22)21-15(24)16(18,19)20/h2-5,8,12-13H,1,6-7,9H2,(H,21,24)/t12-,13-/m0/s1. The fourth-order valence-electron chi connectivity index (χ4n) is 2.81. The van der Waals surface area contributed by atoms with Crippen molar-refractivity contribution in [2.24, 2.45) is 0 Å². The number of carbonyl (C=O) groups excluding carboxylic acids is 2. The van der Waals surface area contributed by atoms with Crippen molar-refractivity contribution in [1.82, 2.24) is 10.2 Å². The minimum atomic E-state index is -5.03. The first-order chi connectivity index (χ1) is 11.2. The number of nitrogens with one attached hydrogen (secondary N) is 1. The van der Waals surface area contributed by atoms with Crippen LogP contribution in [0.4, 0.5) is 17.6 Å². The number of likely N-dealkylation sites (tertiary alicyclic amines) is 1. The predicted octanol–water partition coefficient (Wildman–Crippen LogP) is 2.37. The van der Waals surface area contributed by atoms with Gasteiger partial charge in [-0.2, -0.15) is 13.2 Å². The Labute approximate surface area is 136 Å². The zero-order chi connectivity index (χ0) is 17.9. The summed E-state index contributed by atoms with van der Waals surface area (Å²) < 4.78 is 51.1. The molecule has 1 N–H and O–H groups in total. The van der Waals surface area contributed by atoms with Crippen molar-refractivity contribution in [3.63, 3.8) is 0 Å². The van der Waals surface area contributed by atoms with E-state index in [-0.39, 0.29) is 13.1 Å². The quantitative estimate of drug-likeness (QED) is 0.676. The minimum absolute atomic E-state index is 0.103. The molecule has 1 fully saturated rings. The van der Waals surface area contributed by atoms with Crippen LogP contribution in [0.3, 0.4) is 0 Å². The molecule has 4 nitrogen and oxygen atoms in total. The van der Waals surface area contributed by atoms with Gasteiger partial charge in [-0.1, -0.05) is 18.7 Å². The Kier molecular flexibility index (Phi) is 5.26. The molecule has 130 valence electrons. The Morgan fingerprint density at radius 2 is 2.04 bits per heavy atom. The number of benzene rings is 1. The highest BCUT2D eigenvalue weighted by molar-refractivity contribution is 5.87. The molecule has 0 aromatic heterocycles. The summed E-state index contributed by atoms with van der Waals surface area (Å²) in [5, 5.41) is 1.92. The first-order valence-corrected chi connectivity index (χ1v) is 7.27. The van der Waals surface area contributed by atoms with E-state index in [2.05, 4.69) is 6.58 Å². The van der Waals surface area contributed by atoms with Gasteiger partial charge in [-0.15, -0.1) is 0 Å². The number of piperidine rings is 1. The molecule has 24 heavy (non-hydrogen) atoms. The first kappa shape index (κ1) is 18.0. The maximum absolute atomic E-state index is 13.4. The summed E-state index contributed by atoms with van der Waals surface area (Å²) in [5.41, 5.74) is 0.480. The Morgan fingerprint density at radius 3 is 2.62 bits per heavy atom. The maximum Gasteiger partial charge on any atom is 0.471 e. The van der Waals surface area contributed by atoms with Crippen LogP contribution < -0.4 is 5.32 Å². The van der Waals surface area contributed by atoms with Crippen LogP contribution in [0.15, 0.2) is 36.9 Å². The molecule has 1 aliphatic rings. The number of nitrogens with zero attached hydrogens (tertiary/aromatic N) is 1. The van der Waals surface area contributed by atoms with E-state index in [4.69, 9.17) is 0 Å². The van der Waals surface area contributed by atoms with E-state index in [0.717, 1.165) is 6.08 Å². The van der Waals surface area contributed by atoms with Gasteiger partial charge in [-0.25, -0.2) is 4.39 Å². The molecule has 8 heteroatoms. The van der Waals surface area contributed by atoms with Crippen molar-refractivity contribution >= 4 is 11.8 Å². The van der Waals surface area contributed by atoms with Gasteiger partial charge in [0.1, 0.15) is 5.82 Å². The van der Waals surface area contributed by atoms with E-state index >= 15 is 0 Å². The van der Waals surface area contributed by atoms with Crippen molar-refractivity contribution in [3.05, 3.63) is 48.3 Å². The number of rotatable bonds is 3. The number of halogens is 4. The van der Waals surface area contributed by atoms with E-state index in [0.29, 0.717) is 12.0 Å². The third-order valence-electron chi connectivity index (χ3n) is 3.95. The summed E-state index contributed by atoms with van der Waals surface area (Å²) in [6, 6.07) is 4.52. The van der Waals surface area contributed by atoms with Gasteiger partial charge >= 0.3 is 12.1 Å².